The number of benzene rings is 2. The van der Waals surface area contributed by atoms with Gasteiger partial charge in [-0.3, -0.25) is 0 Å². The van der Waals surface area contributed by atoms with Gasteiger partial charge >= 0.3 is 0 Å². The topological polar surface area (TPSA) is 58.8 Å². The van der Waals surface area contributed by atoms with Gasteiger partial charge in [0.1, 0.15) is 12.4 Å². The summed E-state index contributed by atoms with van der Waals surface area (Å²) in [7, 11) is 1.70. The van der Waals surface area contributed by atoms with Crippen molar-refractivity contribution in [2.24, 2.45) is 0 Å². The van der Waals surface area contributed by atoms with Crippen molar-refractivity contribution in [3.05, 3.63) is 53.2 Å². The van der Waals surface area contributed by atoms with Gasteiger partial charge < -0.3 is 29.4 Å². The predicted octanol–water partition coefficient (Wildman–Crippen LogP) is 4.53. The number of fused-ring (bicyclic) bond motifs is 3. The Bertz CT molecular complexity index is 1040. The van der Waals surface area contributed by atoms with Gasteiger partial charge in [0.2, 0.25) is 0 Å². The monoisotopic (exact) mass is 437 g/mol. The molecule has 0 saturated heterocycles. The molecule has 0 amide bonds. The summed E-state index contributed by atoms with van der Waals surface area (Å²) in [6.07, 6.45) is 0.991. The number of likely N-dealkylation sites (N-methyl/N-ethyl adjacent to an activating group) is 1. The molecule has 3 aromatic rings. The molecule has 4 rings (SSSR count). The first-order valence-corrected chi connectivity index (χ1v) is 11.7. The van der Waals surface area contributed by atoms with Gasteiger partial charge in [0, 0.05) is 29.7 Å². The lowest BCUT2D eigenvalue weighted by Crippen LogP contribution is -2.30. The molecule has 0 fully saturated rings. The molecule has 0 spiro atoms. The summed E-state index contributed by atoms with van der Waals surface area (Å²) < 4.78 is 17.5. The summed E-state index contributed by atoms with van der Waals surface area (Å²) >= 11 is 0. The molecule has 6 nitrogen and oxygen atoms in total. The van der Waals surface area contributed by atoms with E-state index in [1.54, 1.807) is 7.11 Å². The highest BCUT2D eigenvalue weighted by Crippen LogP contribution is 2.37. The number of nitrogens with zero attached hydrogens (tertiary/aromatic N) is 1. The number of aromatic nitrogens is 1. The van der Waals surface area contributed by atoms with Gasteiger partial charge in [-0.25, -0.2) is 0 Å². The van der Waals surface area contributed by atoms with Crippen molar-refractivity contribution in [2.75, 3.05) is 46.5 Å². The maximum atomic E-state index is 6.05. The molecule has 1 aromatic heterocycles. The second-order valence-electron chi connectivity index (χ2n) is 8.08. The van der Waals surface area contributed by atoms with Crippen molar-refractivity contribution in [1.82, 2.24) is 15.2 Å². The predicted molar refractivity (Wildman–Crippen MR) is 129 cm³/mol. The fourth-order valence-electron chi connectivity index (χ4n) is 4.56. The van der Waals surface area contributed by atoms with E-state index in [2.05, 4.69) is 53.3 Å². The van der Waals surface area contributed by atoms with Crippen molar-refractivity contribution in [3.63, 3.8) is 0 Å². The smallest absolute Gasteiger partial charge is 0.161 e. The maximum Gasteiger partial charge on any atom is 0.161 e. The van der Waals surface area contributed by atoms with E-state index in [0.29, 0.717) is 13.2 Å². The van der Waals surface area contributed by atoms with Crippen molar-refractivity contribution in [1.29, 1.82) is 0 Å². The molecule has 172 valence electrons. The van der Waals surface area contributed by atoms with Crippen LogP contribution in [-0.4, -0.2) is 56.4 Å². The van der Waals surface area contributed by atoms with Crippen LogP contribution >= 0.6 is 0 Å². The van der Waals surface area contributed by atoms with Crippen LogP contribution in [0.4, 0.5) is 0 Å². The Hall–Kier alpha value is -2.70. The SMILES string of the molecule is CCOc1ccc2[nH]c3c(c2c1)CCNC3c1ccc(OCCN(CC)CC)c(OC)c1. The highest BCUT2D eigenvalue weighted by atomic mass is 16.5. The Labute approximate surface area is 190 Å². The molecule has 0 bridgehead atoms. The Morgan fingerprint density at radius 2 is 1.84 bits per heavy atom. The number of aromatic amines is 1. The number of hydrogen-bond donors (Lipinski definition) is 2. The second kappa shape index (κ2) is 10.3. The average Bonchev–Trinajstić information content (AvgIpc) is 3.20. The Morgan fingerprint density at radius 1 is 1.00 bits per heavy atom. The summed E-state index contributed by atoms with van der Waals surface area (Å²) in [6, 6.07) is 12.6. The second-order valence-corrected chi connectivity index (χ2v) is 8.08. The quantitative estimate of drug-likeness (QED) is 0.488. The van der Waals surface area contributed by atoms with Gasteiger partial charge in [-0.2, -0.15) is 0 Å². The first kappa shape index (κ1) is 22.5. The van der Waals surface area contributed by atoms with Crippen LogP contribution in [-0.2, 0) is 6.42 Å². The molecule has 2 aromatic carbocycles. The molecule has 1 aliphatic rings. The molecule has 1 aliphatic heterocycles. The molecular formula is C26H35N3O3. The molecule has 1 unspecified atom stereocenters. The minimum atomic E-state index is 0.0836. The number of hydrogen-bond acceptors (Lipinski definition) is 5. The third kappa shape index (κ3) is 4.57. The highest BCUT2D eigenvalue weighted by Gasteiger charge is 2.26. The van der Waals surface area contributed by atoms with Crippen LogP contribution in [0.3, 0.4) is 0 Å². The average molecular weight is 438 g/mol. The van der Waals surface area contributed by atoms with Crippen LogP contribution in [0.25, 0.3) is 10.9 Å². The van der Waals surface area contributed by atoms with E-state index in [-0.39, 0.29) is 6.04 Å². The lowest BCUT2D eigenvalue weighted by atomic mass is 9.94. The normalized spacial score (nSPS) is 15.7. The summed E-state index contributed by atoms with van der Waals surface area (Å²) in [5.74, 6) is 2.48. The summed E-state index contributed by atoms with van der Waals surface area (Å²) in [4.78, 5) is 6.00. The van der Waals surface area contributed by atoms with Gasteiger partial charge in [-0.05, 0) is 67.9 Å². The molecule has 6 heteroatoms. The zero-order valence-corrected chi connectivity index (χ0v) is 19.7. The molecule has 0 aliphatic carbocycles. The standard InChI is InChI=1S/C26H35N3O3/c1-5-29(6-2)14-15-32-23-11-8-18(16-24(23)30-4)25-26-20(12-13-27-25)21-17-19(31-7-3)9-10-22(21)28-26/h8-11,16-17,25,27-28H,5-7,12-15H2,1-4H3. The third-order valence-electron chi connectivity index (χ3n) is 6.31. The molecule has 2 heterocycles. The van der Waals surface area contributed by atoms with Crippen molar-refractivity contribution in [2.45, 2.75) is 33.2 Å². The van der Waals surface area contributed by atoms with E-state index < -0.39 is 0 Å². The van der Waals surface area contributed by atoms with Gasteiger partial charge in [-0.15, -0.1) is 0 Å². The van der Waals surface area contributed by atoms with E-state index in [9.17, 15) is 0 Å². The Balaban J connectivity index is 1.58. The lowest BCUT2D eigenvalue weighted by molar-refractivity contribution is 0.217. The van der Waals surface area contributed by atoms with Crippen molar-refractivity contribution in [3.8, 4) is 17.2 Å². The summed E-state index contributed by atoms with van der Waals surface area (Å²) in [5.41, 5.74) is 4.90. The van der Waals surface area contributed by atoms with E-state index in [1.807, 2.05) is 19.1 Å². The minimum absolute atomic E-state index is 0.0836. The minimum Gasteiger partial charge on any atom is -0.494 e. The molecule has 1 atom stereocenters. The Kier molecular flexibility index (Phi) is 7.22. The van der Waals surface area contributed by atoms with Gasteiger partial charge in [-0.1, -0.05) is 19.9 Å². The summed E-state index contributed by atoms with van der Waals surface area (Å²) in [5, 5.41) is 4.92. The number of ether oxygens (including phenoxy) is 3. The van der Waals surface area contributed by atoms with Crippen LogP contribution in [0.1, 0.15) is 43.6 Å². The van der Waals surface area contributed by atoms with Gasteiger partial charge in [0.15, 0.2) is 11.5 Å². The van der Waals surface area contributed by atoms with Crippen molar-refractivity contribution >= 4 is 10.9 Å². The van der Waals surface area contributed by atoms with Crippen LogP contribution in [0.5, 0.6) is 17.2 Å². The van der Waals surface area contributed by atoms with Gasteiger partial charge in [0.25, 0.3) is 0 Å². The van der Waals surface area contributed by atoms with Crippen LogP contribution in [0.2, 0.25) is 0 Å². The van der Waals surface area contributed by atoms with E-state index >= 15 is 0 Å². The highest BCUT2D eigenvalue weighted by molar-refractivity contribution is 5.86. The number of methoxy groups -OCH3 is 1. The molecular weight excluding hydrogens is 402 g/mol. The molecule has 0 saturated carbocycles. The molecule has 2 N–H and O–H groups in total. The number of H-pyrrole nitrogens is 1. The van der Waals surface area contributed by atoms with Crippen LogP contribution < -0.4 is 19.5 Å². The first-order valence-electron chi connectivity index (χ1n) is 11.7. The van der Waals surface area contributed by atoms with E-state index in [1.165, 1.54) is 16.6 Å². The Morgan fingerprint density at radius 3 is 2.59 bits per heavy atom. The van der Waals surface area contributed by atoms with Crippen LogP contribution in [0, 0.1) is 0 Å². The van der Waals surface area contributed by atoms with Crippen LogP contribution in [0.15, 0.2) is 36.4 Å². The van der Waals surface area contributed by atoms with Crippen molar-refractivity contribution < 1.29 is 14.2 Å². The number of rotatable bonds is 10. The molecule has 0 radical (unpaired) electrons. The molecule has 32 heavy (non-hydrogen) atoms. The summed E-state index contributed by atoms with van der Waals surface area (Å²) in [6.45, 7) is 11.6. The fourth-order valence-corrected chi connectivity index (χ4v) is 4.56. The third-order valence-corrected chi connectivity index (χ3v) is 6.31. The number of nitrogens with one attached hydrogen (secondary N) is 2. The lowest BCUT2D eigenvalue weighted by Gasteiger charge is -2.25. The zero-order valence-electron chi connectivity index (χ0n) is 19.7. The van der Waals surface area contributed by atoms with E-state index in [4.69, 9.17) is 14.2 Å². The van der Waals surface area contributed by atoms with Gasteiger partial charge in [0.05, 0.1) is 19.8 Å². The largest absolute Gasteiger partial charge is 0.494 e. The van der Waals surface area contributed by atoms with E-state index in [0.717, 1.165) is 60.9 Å². The first-order chi connectivity index (χ1) is 15.7. The maximum absolute atomic E-state index is 6.05. The zero-order chi connectivity index (χ0) is 22.5. The fraction of sp³-hybridized carbons (Fsp3) is 0.462.